The summed E-state index contributed by atoms with van der Waals surface area (Å²) in [5.41, 5.74) is 2.53. The van der Waals surface area contributed by atoms with Gasteiger partial charge in [-0.05, 0) is 56.4 Å². The van der Waals surface area contributed by atoms with Crippen LogP contribution in [-0.2, 0) is 0 Å². The van der Waals surface area contributed by atoms with Gasteiger partial charge in [-0.2, -0.15) is 0 Å². The second-order valence-electron chi connectivity index (χ2n) is 4.34. The number of hydrogen-bond acceptors (Lipinski definition) is 1. The molecule has 0 atom stereocenters. The molecule has 19 heavy (non-hydrogen) atoms. The Labute approximate surface area is 121 Å². The number of allylic oxidation sites excluding steroid dienone is 8. The Balaban J connectivity index is 2.72. The molecule has 0 amide bonds. The summed E-state index contributed by atoms with van der Waals surface area (Å²) < 4.78 is 0. The van der Waals surface area contributed by atoms with Gasteiger partial charge in [-0.3, -0.25) is 0 Å². The minimum absolute atomic E-state index is 1.23. The van der Waals surface area contributed by atoms with Crippen molar-refractivity contribution in [2.24, 2.45) is 0 Å². The monoisotopic (exact) mass is 270 g/mol. The fourth-order valence-corrected chi connectivity index (χ4v) is 2.40. The van der Waals surface area contributed by atoms with Crippen LogP contribution in [0.25, 0.3) is 0 Å². The average Bonchev–Trinajstić information content (AvgIpc) is 2.40. The summed E-state index contributed by atoms with van der Waals surface area (Å²) in [6.45, 7) is 8.35. The first-order chi connectivity index (χ1) is 9.15. The van der Waals surface area contributed by atoms with Gasteiger partial charge in [-0.25, -0.2) is 0 Å². The van der Waals surface area contributed by atoms with Gasteiger partial charge in [0.15, 0.2) is 0 Å². The van der Waals surface area contributed by atoms with E-state index in [1.54, 1.807) is 11.8 Å². The van der Waals surface area contributed by atoms with Gasteiger partial charge in [0.2, 0.25) is 0 Å². The van der Waals surface area contributed by atoms with Crippen LogP contribution in [0.5, 0.6) is 0 Å². The van der Waals surface area contributed by atoms with Crippen LogP contribution in [0.4, 0.5) is 0 Å². The first-order valence-corrected chi connectivity index (χ1v) is 7.36. The van der Waals surface area contributed by atoms with Crippen molar-refractivity contribution in [1.82, 2.24) is 0 Å². The van der Waals surface area contributed by atoms with E-state index in [1.807, 2.05) is 19.1 Å². The highest BCUT2D eigenvalue weighted by Crippen LogP contribution is 2.27. The predicted molar refractivity (Wildman–Crippen MR) is 88.5 cm³/mol. The summed E-state index contributed by atoms with van der Waals surface area (Å²) in [6.07, 6.45) is 12.6. The summed E-state index contributed by atoms with van der Waals surface area (Å²) in [6, 6.07) is 8.64. The maximum Gasteiger partial charge on any atom is 0.0119 e. The lowest BCUT2D eigenvalue weighted by molar-refractivity contribution is 1.38. The molecule has 0 radical (unpaired) electrons. The SMILES string of the molecule is C\C=C/C=C\C(\C=C(\C)Sc1ccc(C)cc1)=C/C. The molecule has 0 saturated carbocycles. The van der Waals surface area contributed by atoms with E-state index in [9.17, 15) is 0 Å². The minimum Gasteiger partial charge on any atom is -0.0948 e. The van der Waals surface area contributed by atoms with Crippen molar-refractivity contribution in [1.29, 1.82) is 0 Å². The first-order valence-electron chi connectivity index (χ1n) is 6.54. The highest BCUT2D eigenvalue weighted by atomic mass is 32.2. The largest absolute Gasteiger partial charge is 0.0948 e. The van der Waals surface area contributed by atoms with Gasteiger partial charge >= 0.3 is 0 Å². The van der Waals surface area contributed by atoms with E-state index in [2.05, 4.69) is 69.3 Å². The molecule has 0 fully saturated rings. The van der Waals surface area contributed by atoms with Crippen LogP contribution in [0, 0.1) is 6.92 Å². The molecule has 0 aliphatic carbocycles. The zero-order valence-corrected chi connectivity index (χ0v) is 13.0. The van der Waals surface area contributed by atoms with Gasteiger partial charge in [0.25, 0.3) is 0 Å². The Hall–Kier alpha value is -1.47. The van der Waals surface area contributed by atoms with Crippen LogP contribution < -0.4 is 0 Å². The molecule has 0 aliphatic heterocycles. The maximum absolute atomic E-state index is 2.21. The van der Waals surface area contributed by atoms with E-state index < -0.39 is 0 Å². The van der Waals surface area contributed by atoms with E-state index in [4.69, 9.17) is 0 Å². The number of rotatable bonds is 5. The van der Waals surface area contributed by atoms with Crippen molar-refractivity contribution in [3.8, 4) is 0 Å². The molecule has 0 unspecified atom stereocenters. The average molecular weight is 270 g/mol. The third-order valence-electron chi connectivity index (χ3n) is 2.60. The quantitative estimate of drug-likeness (QED) is 0.462. The summed E-state index contributed by atoms with van der Waals surface area (Å²) in [5.74, 6) is 0. The topological polar surface area (TPSA) is 0 Å². The summed E-state index contributed by atoms with van der Waals surface area (Å²) in [7, 11) is 0. The van der Waals surface area contributed by atoms with Gasteiger partial charge < -0.3 is 0 Å². The molecule has 0 saturated heterocycles. The molecule has 100 valence electrons. The van der Waals surface area contributed by atoms with Crippen LogP contribution in [0.3, 0.4) is 0 Å². The van der Waals surface area contributed by atoms with Crippen molar-refractivity contribution in [2.75, 3.05) is 0 Å². The van der Waals surface area contributed by atoms with Gasteiger partial charge in [-0.15, -0.1) is 0 Å². The highest BCUT2D eigenvalue weighted by Gasteiger charge is 1.96. The van der Waals surface area contributed by atoms with Crippen molar-refractivity contribution in [3.63, 3.8) is 0 Å². The zero-order chi connectivity index (χ0) is 14.1. The van der Waals surface area contributed by atoms with Crippen molar-refractivity contribution in [3.05, 3.63) is 76.8 Å². The first kappa shape index (κ1) is 15.6. The zero-order valence-electron chi connectivity index (χ0n) is 12.2. The lowest BCUT2D eigenvalue weighted by Gasteiger charge is -2.03. The smallest absolute Gasteiger partial charge is 0.0119 e. The normalized spacial score (nSPS) is 13.7. The fourth-order valence-electron chi connectivity index (χ4n) is 1.56. The molecule has 1 aromatic rings. The van der Waals surface area contributed by atoms with Gasteiger partial charge in [-0.1, -0.05) is 59.8 Å². The minimum atomic E-state index is 1.23. The van der Waals surface area contributed by atoms with Gasteiger partial charge in [0.1, 0.15) is 0 Å². The van der Waals surface area contributed by atoms with E-state index in [-0.39, 0.29) is 0 Å². The van der Waals surface area contributed by atoms with E-state index in [0.29, 0.717) is 0 Å². The van der Waals surface area contributed by atoms with Crippen molar-refractivity contribution in [2.45, 2.75) is 32.6 Å². The van der Waals surface area contributed by atoms with Crippen LogP contribution >= 0.6 is 11.8 Å². The molecule has 0 aromatic heterocycles. The molecule has 0 N–H and O–H groups in total. The van der Waals surface area contributed by atoms with Gasteiger partial charge in [0, 0.05) is 4.90 Å². The lowest BCUT2D eigenvalue weighted by atomic mass is 10.2. The molecule has 1 aromatic carbocycles. The summed E-state index contributed by atoms with van der Waals surface area (Å²) in [5, 5.41) is 0. The third kappa shape index (κ3) is 6.30. The molecule has 0 spiro atoms. The second kappa shape index (κ2) is 8.60. The molecular formula is C18H22S. The molecule has 1 rings (SSSR count). The highest BCUT2D eigenvalue weighted by molar-refractivity contribution is 8.03. The molecule has 0 nitrogen and oxygen atoms in total. The standard InChI is InChI=1S/C18H22S/c1-5-7-8-9-17(6-2)14-16(4)19-18-12-10-15(3)11-13-18/h5-14H,1-4H3/b7-5-,9-8-,16-14-,17-6+. The van der Waals surface area contributed by atoms with Crippen LogP contribution in [0.2, 0.25) is 0 Å². The number of benzene rings is 1. The number of aryl methyl sites for hydroxylation is 1. The Bertz CT molecular complexity index is 499. The Morgan fingerprint density at radius 2 is 1.74 bits per heavy atom. The van der Waals surface area contributed by atoms with Crippen LogP contribution in [0.15, 0.2) is 76.1 Å². The summed E-state index contributed by atoms with van der Waals surface area (Å²) >= 11 is 1.80. The number of hydrogen-bond donors (Lipinski definition) is 0. The van der Waals surface area contributed by atoms with E-state index >= 15 is 0 Å². The fraction of sp³-hybridized carbons (Fsp3) is 0.222. The van der Waals surface area contributed by atoms with E-state index in [0.717, 1.165) is 0 Å². The Morgan fingerprint density at radius 3 is 2.32 bits per heavy atom. The van der Waals surface area contributed by atoms with E-state index in [1.165, 1.54) is 20.9 Å². The Kier molecular flexibility index (Phi) is 7.06. The second-order valence-corrected chi connectivity index (χ2v) is 5.66. The van der Waals surface area contributed by atoms with Crippen molar-refractivity contribution >= 4 is 11.8 Å². The molecule has 0 aliphatic rings. The van der Waals surface area contributed by atoms with Crippen LogP contribution in [0.1, 0.15) is 26.3 Å². The van der Waals surface area contributed by atoms with Crippen molar-refractivity contribution < 1.29 is 0 Å². The lowest BCUT2D eigenvalue weighted by Crippen LogP contribution is -1.77. The molecule has 1 heteroatoms. The Morgan fingerprint density at radius 1 is 1.05 bits per heavy atom. The molecular weight excluding hydrogens is 248 g/mol. The summed E-state index contributed by atoms with van der Waals surface area (Å²) in [4.78, 5) is 2.58. The predicted octanol–water partition coefficient (Wildman–Crippen LogP) is 6.07. The molecule has 0 heterocycles. The maximum atomic E-state index is 2.21. The number of thioether (sulfide) groups is 1. The van der Waals surface area contributed by atoms with Crippen LogP contribution in [-0.4, -0.2) is 0 Å². The third-order valence-corrected chi connectivity index (χ3v) is 3.54. The van der Waals surface area contributed by atoms with Gasteiger partial charge in [0.05, 0.1) is 0 Å². The molecule has 0 bridgehead atoms.